The van der Waals surface area contributed by atoms with E-state index < -0.39 is 26.8 Å². The van der Waals surface area contributed by atoms with Crippen LogP contribution in [0.25, 0.3) is 0 Å². The number of benzene rings is 2. The zero-order valence-electron chi connectivity index (χ0n) is 28.5. The largest absolute Gasteiger partial charge is 0.487 e. The average molecular weight is 702 g/mol. The Morgan fingerprint density at radius 3 is 2.58 bits per heavy atom. The number of hydrogen-bond donors (Lipinski definition) is 2. The molecule has 264 valence electrons. The number of sulfonamides is 1. The molecule has 4 aliphatic rings. The molecule has 1 amide bonds. The van der Waals surface area contributed by atoms with Crippen LogP contribution in [0.5, 0.6) is 5.75 Å². The smallest absolute Gasteiger partial charge is 0.264 e. The van der Waals surface area contributed by atoms with Crippen molar-refractivity contribution in [1.29, 1.82) is 0 Å². The number of ether oxygens (including phenoxy) is 2. The Kier molecular flexibility index (Phi) is 11.3. The molecule has 1 saturated carbocycles. The number of nitrogens with zero attached hydrogens (tertiary/aromatic N) is 2. The van der Waals surface area contributed by atoms with Crippen LogP contribution in [0.3, 0.4) is 0 Å². The third-order valence-corrected chi connectivity index (χ3v) is 13.7. The van der Waals surface area contributed by atoms with Gasteiger partial charge >= 0.3 is 0 Å². The van der Waals surface area contributed by atoms with Gasteiger partial charge in [-0.1, -0.05) is 31.0 Å². The van der Waals surface area contributed by atoms with Crippen molar-refractivity contribution in [3.63, 3.8) is 0 Å². The summed E-state index contributed by atoms with van der Waals surface area (Å²) >= 11 is 6.37. The monoisotopic (exact) mass is 701 g/mol. The predicted octanol–water partition coefficient (Wildman–Crippen LogP) is 5.81. The van der Waals surface area contributed by atoms with Crippen molar-refractivity contribution < 1.29 is 27.8 Å². The van der Waals surface area contributed by atoms with E-state index >= 15 is 0 Å². The first-order valence-electron chi connectivity index (χ1n) is 17.9. The number of rotatable bonds is 3. The number of carbonyl (C=O) groups excluding carboxylic acids is 1. The zero-order chi connectivity index (χ0) is 33.9. The fourth-order valence-corrected chi connectivity index (χ4v) is 9.59. The van der Waals surface area contributed by atoms with Crippen LogP contribution in [-0.4, -0.2) is 81.1 Å². The number of carbonyl (C=O) groups is 1. The van der Waals surface area contributed by atoms with Gasteiger partial charge in [0.15, 0.2) is 0 Å². The minimum atomic E-state index is -3.93. The summed E-state index contributed by atoms with van der Waals surface area (Å²) in [6.45, 7) is 9.47. The lowest BCUT2D eigenvalue weighted by atomic mass is 9.62. The summed E-state index contributed by atoms with van der Waals surface area (Å²) in [5.74, 6) is 0.271. The number of fused-ring (bicyclic) bond motifs is 3. The van der Waals surface area contributed by atoms with E-state index in [0.717, 1.165) is 95.7 Å². The lowest BCUT2D eigenvalue weighted by Crippen LogP contribution is -2.52. The van der Waals surface area contributed by atoms with Crippen LogP contribution in [0.2, 0.25) is 5.02 Å². The lowest BCUT2D eigenvalue weighted by Gasteiger charge is -2.50. The highest BCUT2D eigenvalue weighted by molar-refractivity contribution is 7.90. The van der Waals surface area contributed by atoms with Gasteiger partial charge in [-0.3, -0.25) is 9.69 Å². The Bertz CT molecular complexity index is 1550. The Labute approximate surface area is 291 Å². The molecule has 2 fully saturated rings. The SMILES string of the molecule is C[C@@H]1[C@@H](C)CCC[C@@](O)(CCN2CCOCC2)[C@@H]2CC[C@H]2CN2CCCCc3cc(Cl)ccc3COc3ccc(cc32)C(=O)NS1(=O)=O. The third-order valence-electron chi connectivity index (χ3n) is 11.6. The molecule has 1 saturated heterocycles. The van der Waals surface area contributed by atoms with Gasteiger partial charge in [-0.25, -0.2) is 13.1 Å². The number of aliphatic hydroxyl groups is 1. The first kappa shape index (κ1) is 35.5. The van der Waals surface area contributed by atoms with Crippen molar-refractivity contribution in [2.45, 2.75) is 89.1 Å². The zero-order valence-corrected chi connectivity index (χ0v) is 30.0. The van der Waals surface area contributed by atoms with E-state index in [1.165, 1.54) is 5.56 Å². The van der Waals surface area contributed by atoms with E-state index in [0.29, 0.717) is 36.6 Å². The molecule has 2 bridgehead atoms. The number of aryl methyl sites for hydroxylation is 1. The molecule has 9 nitrogen and oxygen atoms in total. The molecular formula is C37H52ClN3O6S. The van der Waals surface area contributed by atoms with Crippen LogP contribution in [0.15, 0.2) is 36.4 Å². The first-order chi connectivity index (χ1) is 23.0. The fourth-order valence-electron chi connectivity index (χ4n) is 8.08. The summed E-state index contributed by atoms with van der Waals surface area (Å²) in [6, 6.07) is 11.2. The topological polar surface area (TPSA) is 108 Å². The van der Waals surface area contributed by atoms with Crippen molar-refractivity contribution in [2.75, 3.05) is 50.8 Å². The quantitative estimate of drug-likeness (QED) is 0.413. The molecule has 5 atom stereocenters. The molecule has 1 aliphatic carbocycles. The van der Waals surface area contributed by atoms with E-state index in [1.54, 1.807) is 25.1 Å². The van der Waals surface area contributed by atoms with Crippen molar-refractivity contribution in [3.8, 4) is 5.75 Å². The molecule has 0 radical (unpaired) electrons. The van der Waals surface area contributed by atoms with E-state index in [-0.39, 0.29) is 23.3 Å². The van der Waals surface area contributed by atoms with Gasteiger partial charge in [-0.05, 0) is 118 Å². The number of hydrogen-bond acceptors (Lipinski definition) is 8. The minimum absolute atomic E-state index is 0.142. The van der Waals surface area contributed by atoms with Crippen molar-refractivity contribution in [1.82, 2.24) is 9.62 Å². The Balaban J connectivity index is 1.35. The molecule has 6 rings (SSSR count). The van der Waals surface area contributed by atoms with Crippen molar-refractivity contribution in [3.05, 3.63) is 58.1 Å². The second-order valence-corrected chi connectivity index (χ2v) is 17.1. The van der Waals surface area contributed by atoms with Crippen LogP contribution in [0.4, 0.5) is 5.69 Å². The van der Waals surface area contributed by atoms with Crippen LogP contribution in [0.1, 0.15) is 86.7 Å². The highest BCUT2D eigenvalue weighted by atomic mass is 35.5. The molecule has 11 heteroatoms. The maximum absolute atomic E-state index is 13.5. The van der Waals surface area contributed by atoms with Gasteiger partial charge in [-0.15, -0.1) is 0 Å². The van der Waals surface area contributed by atoms with E-state index in [9.17, 15) is 18.3 Å². The standard InChI is InChI=1S/C37H52ClN3O6S/c1-26-6-5-14-37(43,15-17-40-18-20-46-21-19-40)33-12-9-30(33)24-41-16-4-3-7-28-22-32(38)11-8-31(28)25-47-35-13-10-29(23-34(35)41)36(42)39-48(44,45)27(26)2/h8,10-11,13,22-23,26-27,30,33,43H,3-7,9,12,14-21,24-25H2,1-2H3,(H,39,42)/t26-,27+,30-,33+,37+/m0/s1. The number of amides is 1. The van der Waals surface area contributed by atoms with E-state index in [4.69, 9.17) is 21.1 Å². The summed E-state index contributed by atoms with van der Waals surface area (Å²) in [5, 5.41) is 12.5. The molecule has 0 unspecified atom stereocenters. The molecule has 2 aromatic carbocycles. The Hall–Kier alpha value is -2.37. The predicted molar refractivity (Wildman–Crippen MR) is 189 cm³/mol. The number of morpholine rings is 1. The maximum atomic E-state index is 13.5. The second kappa shape index (κ2) is 15.3. The summed E-state index contributed by atoms with van der Waals surface area (Å²) in [6.07, 6.45) is 7.48. The van der Waals surface area contributed by atoms with Crippen molar-refractivity contribution >= 4 is 33.2 Å². The number of anilines is 1. The maximum Gasteiger partial charge on any atom is 0.264 e. The van der Waals surface area contributed by atoms with Gasteiger partial charge < -0.3 is 19.5 Å². The van der Waals surface area contributed by atoms with Crippen LogP contribution < -0.4 is 14.4 Å². The molecule has 2 aromatic rings. The number of halogens is 1. The Morgan fingerprint density at radius 2 is 1.81 bits per heavy atom. The minimum Gasteiger partial charge on any atom is -0.487 e. The van der Waals surface area contributed by atoms with Gasteiger partial charge in [-0.2, -0.15) is 0 Å². The van der Waals surface area contributed by atoms with Gasteiger partial charge in [0, 0.05) is 43.3 Å². The van der Waals surface area contributed by atoms with Gasteiger partial charge in [0.05, 0.1) is 29.8 Å². The highest BCUT2D eigenvalue weighted by Gasteiger charge is 2.47. The molecule has 0 aromatic heterocycles. The average Bonchev–Trinajstić information content (AvgIpc) is 3.08. The van der Waals surface area contributed by atoms with Gasteiger partial charge in [0.2, 0.25) is 10.0 Å². The third kappa shape index (κ3) is 8.15. The molecule has 3 heterocycles. The van der Waals surface area contributed by atoms with Crippen LogP contribution >= 0.6 is 11.6 Å². The molecule has 3 aliphatic heterocycles. The summed E-state index contributed by atoms with van der Waals surface area (Å²) in [7, 11) is -3.93. The normalized spacial score (nSPS) is 30.4. The van der Waals surface area contributed by atoms with Crippen LogP contribution in [0, 0.1) is 17.8 Å². The van der Waals surface area contributed by atoms with Gasteiger partial charge in [0.25, 0.3) is 5.91 Å². The van der Waals surface area contributed by atoms with E-state index in [2.05, 4.69) is 14.5 Å². The molecular weight excluding hydrogens is 650 g/mol. The fraction of sp³-hybridized carbons (Fsp3) is 0.649. The molecule has 48 heavy (non-hydrogen) atoms. The second-order valence-electron chi connectivity index (χ2n) is 14.6. The van der Waals surface area contributed by atoms with Crippen LogP contribution in [-0.2, 0) is 27.8 Å². The summed E-state index contributed by atoms with van der Waals surface area (Å²) in [5.41, 5.74) is 2.48. The first-order valence-corrected chi connectivity index (χ1v) is 19.8. The summed E-state index contributed by atoms with van der Waals surface area (Å²) in [4.78, 5) is 18.2. The number of nitrogens with one attached hydrogen (secondary N) is 1. The van der Waals surface area contributed by atoms with E-state index in [1.807, 2.05) is 25.1 Å². The molecule has 2 N–H and O–H groups in total. The highest BCUT2D eigenvalue weighted by Crippen LogP contribution is 2.47. The summed E-state index contributed by atoms with van der Waals surface area (Å²) < 4.78 is 41.3. The molecule has 0 spiro atoms. The van der Waals surface area contributed by atoms with Crippen molar-refractivity contribution in [2.24, 2.45) is 17.8 Å². The Morgan fingerprint density at radius 1 is 1.00 bits per heavy atom. The van der Waals surface area contributed by atoms with Gasteiger partial charge in [0.1, 0.15) is 12.4 Å². The lowest BCUT2D eigenvalue weighted by molar-refractivity contribution is -0.100.